The van der Waals surface area contributed by atoms with Crippen LogP contribution in [0.25, 0.3) is 0 Å². The lowest BCUT2D eigenvalue weighted by molar-refractivity contribution is 0.542. The van der Waals surface area contributed by atoms with E-state index in [9.17, 15) is 8.42 Å². The summed E-state index contributed by atoms with van der Waals surface area (Å²) in [5, 5.41) is 4.98. The normalized spacial score (nSPS) is 13.6. The van der Waals surface area contributed by atoms with Crippen molar-refractivity contribution < 1.29 is 8.42 Å². The zero-order valence-electron chi connectivity index (χ0n) is 9.55. The zero-order chi connectivity index (χ0) is 12.2. The highest BCUT2D eigenvalue weighted by atomic mass is 32.2. The van der Waals surface area contributed by atoms with Crippen molar-refractivity contribution in [2.75, 3.05) is 6.54 Å². The fourth-order valence-electron chi connectivity index (χ4n) is 1.37. The van der Waals surface area contributed by atoms with E-state index in [2.05, 4.69) is 16.4 Å². The lowest BCUT2D eigenvalue weighted by atomic mass is 10.0. The minimum atomic E-state index is -3.31. The average molecular weight is 243 g/mol. The molecule has 0 fully saturated rings. The molecule has 0 amide bonds. The third-order valence-electron chi connectivity index (χ3n) is 2.19. The highest BCUT2D eigenvalue weighted by Crippen LogP contribution is 2.06. The molecule has 5 nitrogen and oxygen atoms in total. The molecule has 0 aromatic carbocycles. The molecular formula is C10H17N3O2S. The lowest BCUT2D eigenvalue weighted by Crippen LogP contribution is -2.27. The van der Waals surface area contributed by atoms with E-state index in [0.29, 0.717) is 6.54 Å². The predicted molar refractivity (Wildman–Crippen MR) is 63.2 cm³/mol. The number of aromatic nitrogens is 2. The van der Waals surface area contributed by atoms with E-state index >= 15 is 0 Å². The van der Waals surface area contributed by atoms with Crippen LogP contribution in [-0.4, -0.2) is 24.7 Å². The first-order valence-electron chi connectivity index (χ1n) is 5.02. The van der Waals surface area contributed by atoms with Crippen molar-refractivity contribution in [3.05, 3.63) is 29.9 Å². The van der Waals surface area contributed by atoms with Crippen LogP contribution < -0.4 is 4.72 Å². The van der Waals surface area contributed by atoms with Crippen LogP contribution in [0.2, 0.25) is 0 Å². The molecule has 90 valence electrons. The maximum Gasteiger partial charge on any atom is 0.233 e. The quantitative estimate of drug-likeness (QED) is 0.798. The van der Waals surface area contributed by atoms with Crippen LogP contribution in [0.4, 0.5) is 0 Å². The molecule has 16 heavy (non-hydrogen) atoms. The Morgan fingerprint density at radius 1 is 1.69 bits per heavy atom. The molecule has 1 rings (SSSR count). The summed E-state index contributed by atoms with van der Waals surface area (Å²) in [6, 6.07) is 0. The molecule has 6 heteroatoms. The van der Waals surface area contributed by atoms with Crippen LogP contribution in [0, 0.1) is 5.92 Å². The summed E-state index contributed by atoms with van der Waals surface area (Å²) in [7, 11) is -1.45. The summed E-state index contributed by atoms with van der Waals surface area (Å²) in [4.78, 5) is 0. The van der Waals surface area contributed by atoms with Gasteiger partial charge in [-0.25, -0.2) is 13.1 Å². The third-order valence-corrected chi connectivity index (χ3v) is 3.20. The van der Waals surface area contributed by atoms with Crippen LogP contribution in [-0.2, 0) is 23.5 Å². The van der Waals surface area contributed by atoms with E-state index in [4.69, 9.17) is 0 Å². The molecule has 1 atom stereocenters. The lowest BCUT2D eigenvalue weighted by Gasteiger charge is -2.10. The molecule has 1 aromatic heterocycles. The number of hydrogen-bond acceptors (Lipinski definition) is 3. The summed E-state index contributed by atoms with van der Waals surface area (Å²) in [6.45, 7) is 5.62. The highest BCUT2D eigenvalue weighted by Gasteiger charge is 2.09. The van der Waals surface area contributed by atoms with Gasteiger partial charge in [0.05, 0.1) is 6.20 Å². The molecule has 1 heterocycles. The van der Waals surface area contributed by atoms with Gasteiger partial charge in [0.15, 0.2) is 0 Å². The molecule has 0 saturated carbocycles. The Labute approximate surface area is 96.2 Å². The van der Waals surface area contributed by atoms with Gasteiger partial charge in [-0.15, -0.1) is 0 Å². The number of hydrogen-bond donors (Lipinski definition) is 1. The van der Waals surface area contributed by atoms with Crippen molar-refractivity contribution in [3.8, 4) is 0 Å². The molecule has 0 aliphatic rings. The SMILES string of the molecule is C=CS(=O)(=O)NCC(C)Cc1cnn(C)c1. The Hall–Kier alpha value is -1.14. The van der Waals surface area contributed by atoms with E-state index in [1.54, 1.807) is 10.9 Å². The summed E-state index contributed by atoms with van der Waals surface area (Å²) in [5.74, 6) is 0.221. The van der Waals surface area contributed by atoms with Gasteiger partial charge in [0.1, 0.15) is 0 Å². The second kappa shape index (κ2) is 5.27. The molecule has 0 bridgehead atoms. The molecule has 0 aliphatic carbocycles. The Bertz CT molecular complexity index is 450. The van der Waals surface area contributed by atoms with Crippen molar-refractivity contribution >= 4 is 10.0 Å². The van der Waals surface area contributed by atoms with E-state index in [1.807, 2.05) is 20.2 Å². The molecule has 0 radical (unpaired) electrons. The first kappa shape index (κ1) is 12.9. The summed E-state index contributed by atoms with van der Waals surface area (Å²) in [6.07, 6.45) is 4.52. The van der Waals surface area contributed by atoms with Gasteiger partial charge in [0.25, 0.3) is 0 Å². The molecular weight excluding hydrogens is 226 g/mol. The topological polar surface area (TPSA) is 64.0 Å². The summed E-state index contributed by atoms with van der Waals surface area (Å²) < 4.78 is 26.4. The molecule has 0 saturated heterocycles. The fraction of sp³-hybridized carbons (Fsp3) is 0.500. The van der Waals surface area contributed by atoms with E-state index < -0.39 is 10.0 Å². The molecule has 1 N–H and O–H groups in total. The van der Waals surface area contributed by atoms with Gasteiger partial charge in [-0.1, -0.05) is 13.5 Å². The molecule has 1 unspecified atom stereocenters. The minimum absolute atomic E-state index is 0.221. The van der Waals surface area contributed by atoms with Crippen molar-refractivity contribution in [2.24, 2.45) is 13.0 Å². The van der Waals surface area contributed by atoms with Crippen LogP contribution in [0.3, 0.4) is 0 Å². The maximum atomic E-state index is 11.1. The second-order valence-electron chi connectivity index (χ2n) is 3.89. The monoisotopic (exact) mass is 243 g/mol. The Balaban J connectivity index is 2.42. The maximum absolute atomic E-state index is 11.1. The Morgan fingerprint density at radius 2 is 2.38 bits per heavy atom. The summed E-state index contributed by atoms with van der Waals surface area (Å²) in [5.41, 5.74) is 1.10. The number of aryl methyl sites for hydroxylation is 1. The van der Waals surface area contributed by atoms with E-state index in [1.165, 1.54) is 0 Å². The van der Waals surface area contributed by atoms with E-state index in [-0.39, 0.29) is 5.92 Å². The largest absolute Gasteiger partial charge is 0.276 e. The Morgan fingerprint density at radius 3 is 2.88 bits per heavy atom. The molecule has 1 aromatic rings. The zero-order valence-corrected chi connectivity index (χ0v) is 10.4. The van der Waals surface area contributed by atoms with Gasteiger partial charge in [-0.2, -0.15) is 5.10 Å². The van der Waals surface area contributed by atoms with Crippen molar-refractivity contribution in [1.82, 2.24) is 14.5 Å². The van der Waals surface area contributed by atoms with Crippen LogP contribution >= 0.6 is 0 Å². The third kappa shape index (κ3) is 4.16. The van der Waals surface area contributed by atoms with Crippen LogP contribution in [0.5, 0.6) is 0 Å². The van der Waals surface area contributed by atoms with Gasteiger partial charge in [0.2, 0.25) is 10.0 Å². The van der Waals surface area contributed by atoms with Gasteiger partial charge in [-0.05, 0) is 17.9 Å². The smallest absolute Gasteiger partial charge is 0.233 e. The molecule has 0 aliphatic heterocycles. The first-order valence-corrected chi connectivity index (χ1v) is 6.57. The van der Waals surface area contributed by atoms with Gasteiger partial charge in [-0.3, -0.25) is 4.68 Å². The van der Waals surface area contributed by atoms with Crippen molar-refractivity contribution in [1.29, 1.82) is 0 Å². The molecule has 0 spiro atoms. The van der Waals surface area contributed by atoms with Gasteiger partial charge < -0.3 is 0 Å². The number of rotatable bonds is 6. The Kier molecular flexibility index (Phi) is 4.26. The summed E-state index contributed by atoms with van der Waals surface area (Å²) >= 11 is 0. The minimum Gasteiger partial charge on any atom is -0.276 e. The number of nitrogens with one attached hydrogen (secondary N) is 1. The van der Waals surface area contributed by atoms with Crippen LogP contribution in [0.15, 0.2) is 24.4 Å². The highest BCUT2D eigenvalue weighted by molar-refractivity contribution is 7.92. The first-order chi connectivity index (χ1) is 7.43. The standard InChI is InChI=1S/C10H17N3O2S/c1-4-16(14,15)12-6-9(2)5-10-7-11-13(3)8-10/h4,7-9,12H,1,5-6H2,2-3H3. The van der Waals surface area contributed by atoms with Gasteiger partial charge >= 0.3 is 0 Å². The van der Waals surface area contributed by atoms with Gasteiger partial charge in [0, 0.05) is 25.2 Å². The number of nitrogens with zero attached hydrogens (tertiary/aromatic N) is 2. The number of sulfonamides is 1. The second-order valence-corrected chi connectivity index (χ2v) is 5.60. The van der Waals surface area contributed by atoms with Crippen LogP contribution in [0.1, 0.15) is 12.5 Å². The van der Waals surface area contributed by atoms with E-state index in [0.717, 1.165) is 17.4 Å². The fourth-order valence-corrected chi connectivity index (χ4v) is 2.00. The predicted octanol–water partition coefficient (Wildman–Crippen LogP) is 0.662. The van der Waals surface area contributed by atoms with Crippen molar-refractivity contribution in [2.45, 2.75) is 13.3 Å². The average Bonchev–Trinajstić information content (AvgIpc) is 2.61. The van der Waals surface area contributed by atoms with Crippen molar-refractivity contribution in [3.63, 3.8) is 0 Å².